The number of rotatable bonds is 2. The molecule has 1 heterocycles. The molecule has 15 heavy (non-hydrogen) atoms. The van der Waals surface area contributed by atoms with E-state index in [9.17, 15) is 5.11 Å². The minimum Gasteiger partial charge on any atom is -0.382 e. The monoisotopic (exact) mass is 222 g/mol. The van der Waals surface area contributed by atoms with E-state index in [0.717, 1.165) is 0 Å². The summed E-state index contributed by atoms with van der Waals surface area (Å²) in [6.45, 7) is 0. The van der Waals surface area contributed by atoms with Gasteiger partial charge in [-0.3, -0.25) is 4.68 Å². The lowest BCUT2D eigenvalue weighted by atomic mass is 10.1. The second-order valence-electron chi connectivity index (χ2n) is 3.34. The Balaban J connectivity index is 2.36. The first-order chi connectivity index (χ1) is 7.18. The van der Waals surface area contributed by atoms with Crippen molar-refractivity contribution in [1.29, 1.82) is 0 Å². The molecule has 78 valence electrons. The highest BCUT2D eigenvalue weighted by molar-refractivity contribution is 6.31. The van der Waals surface area contributed by atoms with Crippen LogP contribution in [0.3, 0.4) is 0 Å². The number of aliphatic hydroxyl groups is 1. The van der Waals surface area contributed by atoms with Gasteiger partial charge in [0.05, 0.1) is 5.69 Å². The molecule has 1 unspecified atom stereocenters. The molecule has 0 aliphatic rings. The van der Waals surface area contributed by atoms with E-state index >= 15 is 0 Å². The van der Waals surface area contributed by atoms with Gasteiger partial charge in [-0.2, -0.15) is 5.10 Å². The first-order valence-corrected chi connectivity index (χ1v) is 4.98. The molecule has 0 saturated heterocycles. The predicted octanol–water partition coefficient (Wildman–Crippen LogP) is 2.16. The molecule has 0 aliphatic carbocycles. The van der Waals surface area contributed by atoms with Crippen LogP contribution in [0.15, 0.2) is 36.5 Å². The van der Waals surface area contributed by atoms with Crippen molar-refractivity contribution in [2.45, 2.75) is 6.10 Å². The van der Waals surface area contributed by atoms with Crippen molar-refractivity contribution in [1.82, 2.24) is 9.78 Å². The summed E-state index contributed by atoms with van der Waals surface area (Å²) in [7, 11) is 1.81. The van der Waals surface area contributed by atoms with Crippen LogP contribution in [0, 0.1) is 0 Å². The molecule has 2 aromatic rings. The van der Waals surface area contributed by atoms with Gasteiger partial charge in [0.1, 0.15) is 6.10 Å². The Bertz CT molecular complexity index is 467. The van der Waals surface area contributed by atoms with Crippen molar-refractivity contribution in [3.63, 3.8) is 0 Å². The van der Waals surface area contributed by atoms with Gasteiger partial charge >= 0.3 is 0 Å². The summed E-state index contributed by atoms with van der Waals surface area (Å²) in [5.41, 5.74) is 1.28. The molecule has 1 N–H and O–H groups in total. The third kappa shape index (κ3) is 2.03. The molecule has 1 atom stereocenters. The van der Waals surface area contributed by atoms with Crippen LogP contribution in [0.25, 0.3) is 0 Å². The van der Waals surface area contributed by atoms with Crippen molar-refractivity contribution in [3.05, 3.63) is 52.8 Å². The van der Waals surface area contributed by atoms with Crippen LogP contribution in [0.1, 0.15) is 17.4 Å². The van der Waals surface area contributed by atoms with E-state index in [1.54, 1.807) is 29.1 Å². The maximum atomic E-state index is 10.0. The van der Waals surface area contributed by atoms with Crippen molar-refractivity contribution < 1.29 is 5.11 Å². The Morgan fingerprint density at radius 2 is 2.07 bits per heavy atom. The van der Waals surface area contributed by atoms with Gasteiger partial charge in [0.15, 0.2) is 0 Å². The third-order valence-electron chi connectivity index (χ3n) is 2.21. The largest absolute Gasteiger partial charge is 0.382 e. The van der Waals surface area contributed by atoms with E-state index < -0.39 is 6.10 Å². The number of aliphatic hydroxyl groups excluding tert-OH is 1. The molecule has 0 amide bonds. The van der Waals surface area contributed by atoms with E-state index in [1.807, 2.05) is 19.2 Å². The zero-order valence-electron chi connectivity index (χ0n) is 8.26. The minimum atomic E-state index is -0.764. The van der Waals surface area contributed by atoms with Crippen LogP contribution >= 0.6 is 11.6 Å². The number of benzene rings is 1. The van der Waals surface area contributed by atoms with Gasteiger partial charge in [0.25, 0.3) is 0 Å². The van der Waals surface area contributed by atoms with Crippen LogP contribution in [0.2, 0.25) is 5.02 Å². The van der Waals surface area contributed by atoms with Crippen molar-refractivity contribution >= 4 is 11.6 Å². The first-order valence-electron chi connectivity index (χ1n) is 4.60. The third-order valence-corrected chi connectivity index (χ3v) is 2.56. The van der Waals surface area contributed by atoms with Crippen molar-refractivity contribution in [3.8, 4) is 0 Å². The summed E-state index contributed by atoms with van der Waals surface area (Å²) >= 11 is 5.98. The minimum absolute atomic E-state index is 0.552. The molecule has 1 aromatic carbocycles. The lowest BCUT2D eigenvalue weighted by Gasteiger charge is -2.09. The van der Waals surface area contributed by atoms with Gasteiger partial charge < -0.3 is 5.11 Å². The van der Waals surface area contributed by atoms with Gasteiger partial charge in [0.2, 0.25) is 0 Å². The molecular formula is C11H11ClN2O. The molecule has 2 rings (SSSR count). The van der Waals surface area contributed by atoms with Gasteiger partial charge in [-0.1, -0.05) is 29.8 Å². The van der Waals surface area contributed by atoms with Gasteiger partial charge in [-0.05, 0) is 12.1 Å². The molecule has 0 spiro atoms. The highest BCUT2D eigenvalue weighted by Gasteiger charge is 2.15. The number of aromatic nitrogens is 2. The molecule has 4 heteroatoms. The summed E-state index contributed by atoms with van der Waals surface area (Å²) in [5.74, 6) is 0. The number of nitrogens with zero attached hydrogens (tertiary/aromatic N) is 2. The van der Waals surface area contributed by atoms with E-state index in [-0.39, 0.29) is 0 Å². The molecule has 0 fully saturated rings. The first kappa shape index (κ1) is 10.2. The summed E-state index contributed by atoms with van der Waals surface area (Å²) in [6.07, 6.45) is 1.02. The van der Waals surface area contributed by atoms with Crippen LogP contribution in [-0.2, 0) is 7.05 Å². The molecule has 0 radical (unpaired) electrons. The Labute approximate surface area is 92.9 Å². The number of hydrogen-bond donors (Lipinski definition) is 1. The molecular weight excluding hydrogens is 212 g/mol. The zero-order valence-corrected chi connectivity index (χ0v) is 9.02. The lowest BCUT2D eigenvalue weighted by molar-refractivity contribution is 0.214. The average molecular weight is 223 g/mol. The van der Waals surface area contributed by atoms with E-state index in [0.29, 0.717) is 16.3 Å². The van der Waals surface area contributed by atoms with Crippen LogP contribution in [-0.4, -0.2) is 14.9 Å². The SMILES string of the molecule is Cn1ccc(C(O)c2ccccc2Cl)n1. The standard InChI is InChI=1S/C11H11ClN2O/c1-14-7-6-10(13-14)11(15)8-4-2-3-5-9(8)12/h2-7,11,15H,1H3. The Kier molecular flexibility index (Phi) is 2.75. The summed E-state index contributed by atoms with van der Waals surface area (Å²) < 4.78 is 1.65. The van der Waals surface area contributed by atoms with E-state index in [2.05, 4.69) is 5.10 Å². The summed E-state index contributed by atoms with van der Waals surface area (Å²) in [4.78, 5) is 0. The number of aryl methyl sites for hydroxylation is 1. The highest BCUT2D eigenvalue weighted by atomic mass is 35.5. The lowest BCUT2D eigenvalue weighted by Crippen LogP contribution is -2.02. The molecule has 0 saturated carbocycles. The van der Waals surface area contributed by atoms with E-state index in [4.69, 9.17) is 11.6 Å². The smallest absolute Gasteiger partial charge is 0.124 e. The fourth-order valence-corrected chi connectivity index (χ4v) is 1.67. The summed E-state index contributed by atoms with van der Waals surface area (Å²) in [5, 5.41) is 14.7. The highest BCUT2D eigenvalue weighted by Crippen LogP contribution is 2.26. The van der Waals surface area contributed by atoms with Gasteiger partial charge in [0, 0.05) is 23.8 Å². The van der Waals surface area contributed by atoms with Crippen LogP contribution in [0.5, 0.6) is 0 Å². The van der Waals surface area contributed by atoms with Crippen molar-refractivity contribution in [2.24, 2.45) is 7.05 Å². The van der Waals surface area contributed by atoms with Gasteiger partial charge in [-0.15, -0.1) is 0 Å². The number of halogens is 1. The topological polar surface area (TPSA) is 38.0 Å². The quantitative estimate of drug-likeness (QED) is 0.846. The molecule has 0 bridgehead atoms. The zero-order chi connectivity index (χ0) is 10.8. The van der Waals surface area contributed by atoms with Gasteiger partial charge in [-0.25, -0.2) is 0 Å². The van der Waals surface area contributed by atoms with E-state index in [1.165, 1.54) is 0 Å². The normalized spacial score (nSPS) is 12.7. The summed E-state index contributed by atoms with van der Waals surface area (Å²) in [6, 6.07) is 8.99. The Morgan fingerprint density at radius 3 is 2.67 bits per heavy atom. The fourth-order valence-electron chi connectivity index (χ4n) is 1.44. The maximum Gasteiger partial charge on any atom is 0.124 e. The molecule has 1 aromatic heterocycles. The Hall–Kier alpha value is -1.32. The van der Waals surface area contributed by atoms with Crippen LogP contribution < -0.4 is 0 Å². The maximum absolute atomic E-state index is 10.0. The fraction of sp³-hybridized carbons (Fsp3) is 0.182. The Morgan fingerprint density at radius 1 is 1.33 bits per heavy atom. The predicted molar refractivity (Wildman–Crippen MR) is 58.7 cm³/mol. The second-order valence-corrected chi connectivity index (χ2v) is 3.75. The van der Waals surface area contributed by atoms with Crippen molar-refractivity contribution in [2.75, 3.05) is 0 Å². The average Bonchev–Trinajstić information content (AvgIpc) is 2.65. The van der Waals surface area contributed by atoms with Crippen LogP contribution in [0.4, 0.5) is 0 Å². The molecule has 3 nitrogen and oxygen atoms in total. The molecule has 0 aliphatic heterocycles. The second kappa shape index (κ2) is 4.04. The number of hydrogen-bond acceptors (Lipinski definition) is 2.